The van der Waals surface area contributed by atoms with Crippen LogP contribution in [0.25, 0.3) is 0 Å². The van der Waals surface area contributed by atoms with E-state index < -0.39 is 0 Å². The molecule has 0 aliphatic rings. The largest absolute Gasteiger partial charge is 0.393 e. The third-order valence-electron chi connectivity index (χ3n) is 2.37. The van der Waals surface area contributed by atoms with E-state index in [1.165, 1.54) is 10.5 Å². The van der Waals surface area contributed by atoms with Gasteiger partial charge in [-0.3, -0.25) is 0 Å². The first-order chi connectivity index (χ1) is 6.15. The maximum Gasteiger partial charge on any atom is 0.0577 e. The van der Waals surface area contributed by atoms with E-state index in [4.69, 9.17) is 0 Å². The summed E-state index contributed by atoms with van der Waals surface area (Å²) in [6, 6.07) is 8.37. The van der Waals surface area contributed by atoms with E-state index in [-0.39, 0.29) is 12.0 Å². The molecule has 0 amide bonds. The Hall–Kier alpha value is -0.470. The number of thioether (sulfide) groups is 1. The molecule has 13 heavy (non-hydrogen) atoms. The van der Waals surface area contributed by atoms with E-state index >= 15 is 0 Å². The van der Waals surface area contributed by atoms with Crippen LogP contribution in [0.2, 0.25) is 0 Å². The van der Waals surface area contributed by atoms with Crippen LogP contribution in [0.3, 0.4) is 0 Å². The van der Waals surface area contributed by atoms with Crippen LogP contribution in [0, 0.1) is 0 Å². The number of rotatable bonds is 3. The molecule has 0 bridgehead atoms. The van der Waals surface area contributed by atoms with Crippen molar-refractivity contribution >= 4 is 11.8 Å². The molecule has 1 nitrogen and oxygen atoms in total. The van der Waals surface area contributed by atoms with Crippen LogP contribution >= 0.6 is 11.8 Å². The molecule has 0 aliphatic carbocycles. The molecule has 1 aromatic rings. The average molecular weight is 196 g/mol. The van der Waals surface area contributed by atoms with Gasteiger partial charge in [-0.05, 0) is 30.9 Å². The normalized spacial score (nSPS) is 15.4. The van der Waals surface area contributed by atoms with Gasteiger partial charge >= 0.3 is 0 Å². The lowest BCUT2D eigenvalue weighted by atomic mass is 9.97. The molecule has 0 saturated carbocycles. The van der Waals surface area contributed by atoms with Gasteiger partial charge in [-0.25, -0.2) is 0 Å². The summed E-state index contributed by atoms with van der Waals surface area (Å²) in [5, 5.41) is 9.40. The highest BCUT2D eigenvalue weighted by Crippen LogP contribution is 2.22. The van der Waals surface area contributed by atoms with Gasteiger partial charge in [0.2, 0.25) is 0 Å². The molecule has 2 heteroatoms. The van der Waals surface area contributed by atoms with Crippen molar-refractivity contribution < 1.29 is 5.11 Å². The highest BCUT2D eigenvalue weighted by molar-refractivity contribution is 7.98. The van der Waals surface area contributed by atoms with Gasteiger partial charge in [0.25, 0.3) is 0 Å². The van der Waals surface area contributed by atoms with Gasteiger partial charge in [-0.15, -0.1) is 11.8 Å². The smallest absolute Gasteiger partial charge is 0.0577 e. The molecule has 72 valence electrons. The van der Waals surface area contributed by atoms with Crippen LogP contribution in [0.4, 0.5) is 0 Å². The predicted octanol–water partition coefficient (Wildman–Crippen LogP) is 2.89. The van der Waals surface area contributed by atoms with Crippen molar-refractivity contribution in [2.24, 2.45) is 0 Å². The molecule has 0 heterocycles. The monoisotopic (exact) mass is 196 g/mol. The van der Waals surface area contributed by atoms with Gasteiger partial charge in [-0.2, -0.15) is 0 Å². The van der Waals surface area contributed by atoms with Crippen molar-refractivity contribution in [1.29, 1.82) is 0 Å². The Morgan fingerprint density at radius 1 is 1.15 bits per heavy atom. The minimum Gasteiger partial charge on any atom is -0.393 e. The Labute approximate surface area is 84.2 Å². The third kappa shape index (κ3) is 2.75. The molecular weight excluding hydrogens is 180 g/mol. The van der Waals surface area contributed by atoms with Crippen LogP contribution < -0.4 is 0 Å². The molecule has 2 unspecified atom stereocenters. The predicted molar refractivity (Wildman–Crippen MR) is 58.3 cm³/mol. The van der Waals surface area contributed by atoms with Crippen LogP contribution in [0.15, 0.2) is 29.2 Å². The molecule has 0 saturated heterocycles. The Bertz CT molecular complexity index is 253. The van der Waals surface area contributed by atoms with Crippen LogP contribution in [-0.2, 0) is 0 Å². The fraction of sp³-hybridized carbons (Fsp3) is 0.455. The lowest BCUT2D eigenvalue weighted by molar-refractivity contribution is 0.169. The molecule has 0 aromatic heterocycles. The highest BCUT2D eigenvalue weighted by atomic mass is 32.2. The van der Waals surface area contributed by atoms with E-state index in [1.54, 1.807) is 11.8 Å². The second-order valence-corrected chi connectivity index (χ2v) is 4.18. The Balaban J connectivity index is 2.79. The topological polar surface area (TPSA) is 20.2 Å². The lowest BCUT2D eigenvalue weighted by Gasteiger charge is -2.14. The summed E-state index contributed by atoms with van der Waals surface area (Å²) in [6.07, 6.45) is 1.78. The maximum absolute atomic E-state index is 9.40. The van der Waals surface area contributed by atoms with E-state index in [9.17, 15) is 5.11 Å². The minimum atomic E-state index is -0.278. The number of hydrogen-bond donors (Lipinski definition) is 1. The zero-order chi connectivity index (χ0) is 9.84. The van der Waals surface area contributed by atoms with Crippen LogP contribution in [-0.4, -0.2) is 17.5 Å². The first-order valence-electron chi connectivity index (χ1n) is 4.47. The second-order valence-electron chi connectivity index (χ2n) is 3.30. The summed E-state index contributed by atoms with van der Waals surface area (Å²) in [6.45, 7) is 3.87. The summed E-state index contributed by atoms with van der Waals surface area (Å²) < 4.78 is 0. The summed E-state index contributed by atoms with van der Waals surface area (Å²) in [4.78, 5) is 1.27. The van der Waals surface area contributed by atoms with Gasteiger partial charge in [0.1, 0.15) is 0 Å². The Morgan fingerprint density at radius 2 is 1.69 bits per heavy atom. The average Bonchev–Trinajstić information content (AvgIpc) is 2.17. The summed E-state index contributed by atoms with van der Waals surface area (Å²) in [7, 11) is 0. The second kappa shape index (κ2) is 4.68. The van der Waals surface area contributed by atoms with Gasteiger partial charge in [0.05, 0.1) is 6.10 Å². The van der Waals surface area contributed by atoms with Crippen LogP contribution in [0.5, 0.6) is 0 Å². The third-order valence-corrected chi connectivity index (χ3v) is 3.11. The summed E-state index contributed by atoms with van der Waals surface area (Å²) in [5.74, 6) is 0.218. The van der Waals surface area contributed by atoms with E-state index in [1.807, 2.05) is 13.8 Å². The van der Waals surface area contributed by atoms with Gasteiger partial charge in [0, 0.05) is 10.8 Å². The van der Waals surface area contributed by atoms with Gasteiger partial charge in [0.15, 0.2) is 0 Å². The Kier molecular flexibility index (Phi) is 3.82. The van der Waals surface area contributed by atoms with Crippen molar-refractivity contribution in [2.45, 2.75) is 30.8 Å². The number of benzene rings is 1. The van der Waals surface area contributed by atoms with Crippen molar-refractivity contribution in [2.75, 3.05) is 6.26 Å². The molecule has 0 radical (unpaired) electrons. The first-order valence-corrected chi connectivity index (χ1v) is 5.69. The molecule has 0 fully saturated rings. The first kappa shape index (κ1) is 10.6. The zero-order valence-corrected chi connectivity index (χ0v) is 9.14. The molecular formula is C11H16OS. The molecule has 1 rings (SSSR count). The van der Waals surface area contributed by atoms with Crippen LogP contribution in [0.1, 0.15) is 25.3 Å². The molecule has 1 aromatic carbocycles. The fourth-order valence-electron chi connectivity index (χ4n) is 1.19. The summed E-state index contributed by atoms with van der Waals surface area (Å²) >= 11 is 1.74. The van der Waals surface area contributed by atoms with Crippen molar-refractivity contribution in [3.63, 3.8) is 0 Å². The zero-order valence-electron chi connectivity index (χ0n) is 8.32. The molecule has 0 aliphatic heterocycles. The van der Waals surface area contributed by atoms with Gasteiger partial charge < -0.3 is 5.11 Å². The minimum absolute atomic E-state index is 0.218. The van der Waals surface area contributed by atoms with E-state index in [2.05, 4.69) is 30.5 Å². The number of hydrogen-bond acceptors (Lipinski definition) is 2. The molecule has 0 spiro atoms. The SMILES string of the molecule is CSc1ccc(C(C)C(C)O)cc1. The quantitative estimate of drug-likeness (QED) is 0.750. The van der Waals surface area contributed by atoms with E-state index in [0.29, 0.717) is 0 Å². The standard InChI is InChI=1S/C11H16OS/c1-8(9(2)12)10-4-6-11(13-3)7-5-10/h4-9,12H,1-3H3. The van der Waals surface area contributed by atoms with Gasteiger partial charge in [-0.1, -0.05) is 19.1 Å². The van der Waals surface area contributed by atoms with Crippen molar-refractivity contribution in [1.82, 2.24) is 0 Å². The maximum atomic E-state index is 9.40. The molecule has 2 atom stereocenters. The number of aliphatic hydroxyl groups is 1. The molecule has 1 N–H and O–H groups in total. The number of aliphatic hydroxyl groups excluding tert-OH is 1. The highest BCUT2D eigenvalue weighted by Gasteiger charge is 2.10. The Morgan fingerprint density at radius 3 is 2.08 bits per heavy atom. The lowest BCUT2D eigenvalue weighted by Crippen LogP contribution is -2.10. The van der Waals surface area contributed by atoms with Crippen molar-refractivity contribution in [3.05, 3.63) is 29.8 Å². The summed E-state index contributed by atoms with van der Waals surface area (Å²) in [5.41, 5.74) is 1.20. The fourth-order valence-corrected chi connectivity index (χ4v) is 1.59. The van der Waals surface area contributed by atoms with Crippen molar-refractivity contribution in [3.8, 4) is 0 Å². The van der Waals surface area contributed by atoms with E-state index in [0.717, 1.165) is 0 Å².